The molecule has 0 N–H and O–H groups in total. The molecule has 1 aromatic heterocycles. The lowest BCUT2D eigenvalue weighted by Crippen LogP contribution is -2.36. The number of hydrogen-bond acceptors (Lipinski definition) is 3. The highest BCUT2D eigenvalue weighted by atomic mass is 15.2. The molecule has 0 atom stereocenters. The molecule has 0 saturated heterocycles. The van der Waals surface area contributed by atoms with Gasteiger partial charge in [-0.15, -0.1) is 0 Å². The number of anilines is 3. The Kier molecular flexibility index (Phi) is 5.79. The Morgan fingerprint density at radius 3 is 1.75 bits per heavy atom. The number of fused-ring (bicyclic) bond motifs is 10. The first-order valence-electron chi connectivity index (χ1n) is 16.4. The quantitative estimate of drug-likeness (QED) is 0.199. The lowest BCUT2D eigenvalue weighted by Gasteiger charge is -2.45. The van der Waals surface area contributed by atoms with Crippen LogP contribution < -0.4 is 4.90 Å². The molecule has 3 heteroatoms. The fourth-order valence-corrected chi connectivity index (χ4v) is 8.13. The maximum Gasteiger partial charge on any atom is 0.160 e. The molecule has 7 aromatic carbocycles. The third-order valence-corrected chi connectivity index (χ3v) is 10.1. The van der Waals surface area contributed by atoms with E-state index in [1.165, 1.54) is 39.1 Å². The van der Waals surface area contributed by atoms with Gasteiger partial charge in [0.25, 0.3) is 0 Å². The van der Waals surface area contributed by atoms with Gasteiger partial charge in [0, 0.05) is 22.2 Å². The van der Waals surface area contributed by atoms with Crippen molar-refractivity contribution in [1.82, 2.24) is 9.97 Å². The number of para-hydroxylation sites is 3. The van der Waals surface area contributed by atoms with Crippen LogP contribution in [0.2, 0.25) is 0 Å². The predicted octanol–water partition coefficient (Wildman–Crippen LogP) is 11.1. The topological polar surface area (TPSA) is 29.0 Å². The molecule has 0 unspecified atom stereocenters. The molecule has 8 aromatic rings. The molecular formula is C45H29N3. The lowest BCUT2D eigenvalue weighted by atomic mass is 9.64. The van der Waals surface area contributed by atoms with Crippen molar-refractivity contribution < 1.29 is 0 Å². The van der Waals surface area contributed by atoms with E-state index in [2.05, 4.69) is 157 Å². The summed E-state index contributed by atoms with van der Waals surface area (Å²) in [6.45, 7) is 0. The van der Waals surface area contributed by atoms with Crippen molar-refractivity contribution in [2.24, 2.45) is 0 Å². The van der Waals surface area contributed by atoms with Crippen LogP contribution in [-0.4, -0.2) is 9.97 Å². The van der Waals surface area contributed by atoms with E-state index in [1.54, 1.807) is 0 Å². The van der Waals surface area contributed by atoms with Crippen LogP contribution in [0.25, 0.3) is 44.7 Å². The smallest absolute Gasteiger partial charge is 0.160 e. The molecule has 1 aliphatic carbocycles. The van der Waals surface area contributed by atoms with E-state index in [9.17, 15) is 0 Å². The van der Waals surface area contributed by atoms with Crippen LogP contribution in [0.3, 0.4) is 0 Å². The monoisotopic (exact) mass is 611 g/mol. The van der Waals surface area contributed by atoms with Gasteiger partial charge in [0.1, 0.15) is 0 Å². The van der Waals surface area contributed by atoms with E-state index < -0.39 is 5.41 Å². The SMILES string of the molecule is c1ccc(-c2nc(-c3ccc4c(c3)N(c3ccccc3)c3ccccc3C43c4ccccc4-c4ccccc43)c3ccccc3n2)cc1. The van der Waals surface area contributed by atoms with E-state index in [0.29, 0.717) is 0 Å². The average Bonchev–Trinajstić information content (AvgIpc) is 3.46. The maximum absolute atomic E-state index is 5.26. The van der Waals surface area contributed by atoms with E-state index in [1.807, 2.05) is 24.3 Å². The second-order valence-corrected chi connectivity index (χ2v) is 12.5. The van der Waals surface area contributed by atoms with E-state index >= 15 is 0 Å². The number of benzene rings is 7. The Labute approximate surface area is 279 Å². The minimum atomic E-state index is -0.480. The zero-order valence-corrected chi connectivity index (χ0v) is 26.1. The summed E-state index contributed by atoms with van der Waals surface area (Å²) < 4.78 is 0. The largest absolute Gasteiger partial charge is 0.310 e. The van der Waals surface area contributed by atoms with Gasteiger partial charge in [-0.25, -0.2) is 9.97 Å². The zero-order chi connectivity index (χ0) is 31.7. The zero-order valence-electron chi connectivity index (χ0n) is 26.1. The highest BCUT2D eigenvalue weighted by molar-refractivity contribution is 5.99. The molecule has 224 valence electrons. The molecule has 0 radical (unpaired) electrons. The molecule has 2 heterocycles. The summed E-state index contributed by atoms with van der Waals surface area (Å²) in [6, 6.07) is 63.2. The van der Waals surface area contributed by atoms with Gasteiger partial charge in [-0.1, -0.05) is 146 Å². The van der Waals surface area contributed by atoms with E-state index in [0.717, 1.165) is 44.9 Å². The molecule has 48 heavy (non-hydrogen) atoms. The van der Waals surface area contributed by atoms with Crippen LogP contribution >= 0.6 is 0 Å². The summed E-state index contributed by atoms with van der Waals surface area (Å²) in [5.74, 6) is 0.724. The molecule has 0 bridgehead atoms. The van der Waals surface area contributed by atoms with Crippen molar-refractivity contribution in [2.75, 3.05) is 4.90 Å². The molecule has 1 aliphatic heterocycles. The summed E-state index contributed by atoms with van der Waals surface area (Å²) in [4.78, 5) is 12.7. The van der Waals surface area contributed by atoms with Crippen LogP contribution in [0.1, 0.15) is 22.3 Å². The first kappa shape index (κ1) is 26.9. The molecule has 3 nitrogen and oxygen atoms in total. The van der Waals surface area contributed by atoms with Crippen LogP contribution in [0, 0.1) is 0 Å². The number of nitrogens with zero attached hydrogens (tertiary/aromatic N) is 3. The Balaban J connectivity index is 1.31. The Bertz CT molecular complexity index is 2470. The summed E-state index contributed by atoms with van der Waals surface area (Å²) in [5, 5.41) is 1.03. The fraction of sp³-hybridized carbons (Fsp3) is 0.0222. The first-order valence-corrected chi connectivity index (χ1v) is 16.4. The minimum Gasteiger partial charge on any atom is -0.310 e. The number of hydrogen-bond donors (Lipinski definition) is 0. The third-order valence-electron chi connectivity index (χ3n) is 10.1. The Hall–Kier alpha value is -6.32. The summed E-state index contributed by atoms with van der Waals surface area (Å²) in [6.07, 6.45) is 0. The van der Waals surface area contributed by atoms with Crippen molar-refractivity contribution >= 4 is 28.0 Å². The maximum atomic E-state index is 5.26. The van der Waals surface area contributed by atoms with Crippen molar-refractivity contribution in [3.63, 3.8) is 0 Å². The summed E-state index contributed by atoms with van der Waals surface area (Å²) >= 11 is 0. The molecule has 10 rings (SSSR count). The second-order valence-electron chi connectivity index (χ2n) is 12.5. The molecular weight excluding hydrogens is 583 g/mol. The molecule has 1 spiro atoms. The van der Waals surface area contributed by atoms with Crippen LogP contribution in [0.5, 0.6) is 0 Å². The van der Waals surface area contributed by atoms with Crippen molar-refractivity contribution in [3.05, 3.63) is 198 Å². The highest BCUT2D eigenvalue weighted by Crippen LogP contribution is 2.63. The van der Waals surface area contributed by atoms with Gasteiger partial charge in [0.05, 0.1) is 28.0 Å². The normalized spacial score (nSPS) is 13.5. The molecule has 2 aliphatic rings. The summed E-state index contributed by atoms with van der Waals surface area (Å²) in [5.41, 5.74) is 14.6. The van der Waals surface area contributed by atoms with Crippen LogP contribution in [0.15, 0.2) is 176 Å². The van der Waals surface area contributed by atoms with Crippen LogP contribution in [0.4, 0.5) is 17.1 Å². The van der Waals surface area contributed by atoms with Crippen molar-refractivity contribution in [3.8, 4) is 33.8 Å². The van der Waals surface area contributed by atoms with E-state index in [4.69, 9.17) is 9.97 Å². The standard InChI is InChI=1S/C45H29N3/c1-3-15-30(16-4-1)44-46-40-25-13-9-21-35(40)43(47-44)31-27-28-39-42(29-31)48(32-17-5-2-6-18-32)41-26-14-12-24-38(41)45(39)36-22-10-7-19-33(36)34-20-8-11-23-37(34)45/h1-29H. The lowest BCUT2D eigenvalue weighted by molar-refractivity contribution is 0.753. The van der Waals surface area contributed by atoms with E-state index in [-0.39, 0.29) is 0 Å². The second kappa shape index (κ2) is 10.3. The van der Waals surface area contributed by atoms with Crippen molar-refractivity contribution in [1.29, 1.82) is 0 Å². The minimum absolute atomic E-state index is 0.480. The van der Waals surface area contributed by atoms with Gasteiger partial charge in [0.15, 0.2) is 5.82 Å². The third kappa shape index (κ3) is 3.70. The van der Waals surface area contributed by atoms with Gasteiger partial charge in [0.2, 0.25) is 0 Å². The van der Waals surface area contributed by atoms with Gasteiger partial charge < -0.3 is 4.90 Å². The highest BCUT2D eigenvalue weighted by Gasteiger charge is 2.51. The Morgan fingerprint density at radius 2 is 1.00 bits per heavy atom. The van der Waals surface area contributed by atoms with Gasteiger partial charge in [-0.2, -0.15) is 0 Å². The molecule has 0 saturated carbocycles. The average molecular weight is 612 g/mol. The number of rotatable bonds is 3. The van der Waals surface area contributed by atoms with Gasteiger partial charge in [-0.3, -0.25) is 0 Å². The predicted molar refractivity (Wildman–Crippen MR) is 196 cm³/mol. The first-order chi connectivity index (χ1) is 23.8. The molecule has 0 amide bonds. The van der Waals surface area contributed by atoms with Gasteiger partial charge in [-0.05, 0) is 63.7 Å². The fourth-order valence-electron chi connectivity index (χ4n) is 8.13. The molecule has 0 fully saturated rings. The summed E-state index contributed by atoms with van der Waals surface area (Å²) in [7, 11) is 0. The van der Waals surface area contributed by atoms with Gasteiger partial charge >= 0.3 is 0 Å². The van der Waals surface area contributed by atoms with Crippen molar-refractivity contribution in [2.45, 2.75) is 5.41 Å². The number of aromatic nitrogens is 2. The van der Waals surface area contributed by atoms with Crippen LogP contribution in [-0.2, 0) is 5.41 Å². The Morgan fingerprint density at radius 1 is 0.417 bits per heavy atom.